The Labute approximate surface area is 111 Å². The van der Waals surface area contributed by atoms with Crippen molar-refractivity contribution < 1.29 is 9.26 Å². The second-order valence-corrected chi connectivity index (χ2v) is 6.13. The van der Waals surface area contributed by atoms with Crippen LogP contribution >= 0.6 is 11.8 Å². The molecule has 0 radical (unpaired) electrons. The lowest BCUT2D eigenvalue weighted by Gasteiger charge is -2.25. The van der Waals surface area contributed by atoms with Gasteiger partial charge >= 0.3 is 0 Å². The van der Waals surface area contributed by atoms with Gasteiger partial charge in [0.05, 0.1) is 12.5 Å². The smallest absolute Gasteiger partial charge is 0.231 e. The first kappa shape index (κ1) is 12.4. The maximum Gasteiger partial charge on any atom is 0.231 e. The van der Waals surface area contributed by atoms with Crippen LogP contribution in [0, 0.1) is 0 Å². The monoisotopic (exact) mass is 269 g/mol. The fraction of sp³-hybridized carbons (Fsp3) is 0.833. The van der Waals surface area contributed by atoms with Crippen LogP contribution in [0.2, 0.25) is 0 Å². The lowest BCUT2D eigenvalue weighted by molar-refractivity contribution is 0.0677. The van der Waals surface area contributed by atoms with E-state index < -0.39 is 0 Å². The number of rotatable bonds is 2. The van der Waals surface area contributed by atoms with Crippen LogP contribution in [-0.4, -0.2) is 34.3 Å². The summed E-state index contributed by atoms with van der Waals surface area (Å²) in [5.74, 6) is 3.59. The van der Waals surface area contributed by atoms with Crippen LogP contribution < -0.4 is 5.73 Å². The quantitative estimate of drug-likeness (QED) is 0.883. The first-order valence-corrected chi connectivity index (χ1v) is 7.78. The van der Waals surface area contributed by atoms with E-state index in [2.05, 4.69) is 10.1 Å². The van der Waals surface area contributed by atoms with Crippen LogP contribution in [-0.2, 0) is 4.74 Å². The topological polar surface area (TPSA) is 74.2 Å². The van der Waals surface area contributed by atoms with Crippen LogP contribution in [0.4, 0.5) is 0 Å². The summed E-state index contributed by atoms with van der Waals surface area (Å²) in [7, 11) is 0. The van der Waals surface area contributed by atoms with Crippen molar-refractivity contribution in [2.45, 2.75) is 43.7 Å². The van der Waals surface area contributed by atoms with Gasteiger partial charge in [-0.25, -0.2) is 0 Å². The Kier molecular flexibility index (Phi) is 3.86. The number of ether oxygens (including phenoxy) is 1. The molecule has 1 saturated carbocycles. The van der Waals surface area contributed by atoms with Gasteiger partial charge in [0.2, 0.25) is 11.7 Å². The lowest BCUT2D eigenvalue weighted by atomic mass is 9.85. The zero-order chi connectivity index (χ0) is 12.4. The zero-order valence-electron chi connectivity index (χ0n) is 10.4. The molecule has 3 rings (SSSR count). The van der Waals surface area contributed by atoms with E-state index in [-0.39, 0.29) is 18.1 Å². The van der Waals surface area contributed by atoms with Gasteiger partial charge in [-0.05, 0) is 12.8 Å². The molecule has 100 valence electrons. The molecular weight excluding hydrogens is 250 g/mol. The van der Waals surface area contributed by atoms with Crippen molar-refractivity contribution in [3.05, 3.63) is 11.7 Å². The van der Waals surface area contributed by atoms with E-state index in [9.17, 15) is 0 Å². The highest BCUT2D eigenvalue weighted by Gasteiger charge is 2.30. The highest BCUT2D eigenvalue weighted by atomic mass is 32.2. The highest BCUT2D eigenvalue weighted by molar-refractivity contribution is 7.99. The largest absolute Gasteiger partial charge is 0.368 e. The molecular formula is C12H19N3O2S. The minimum absolute atomic E-state index is 0.0129. The van der Waals surface area contributed by atoms with E-state index in [1.807, 2.05) is 11.8 Å². The second-order valence-electron chi connectivity index (χ2n) is 4.98. The molecule has 0 spiro atoms. The summed E-state index contributed by atoms with van der Waals surface area (Å²) in [4.78, 5) is 4.51. The highest BCUT2D eigenvalue weighted by Crippen LogP contribution is 2.32. The molecule has 18 heavy (non-hydrogen) atoms. The fourth-order valence-electron chi connectivity index (χ4n) is 2.63. The fourth-order valence-corrected chi connectivity index (χ4v) is 3.47. The molecule has 2 heterocycles. The Morgan fingerprint density at radius 2 is 2.17 bits per heavy atom. The minimum Gasteiger partial charge on any atom is -0.368 e. The van der Waals surface area contributed by atoms with Crippen molar-refractivity contribution in [3.63, 3.8) is 0 Å². The van der Waals surface area contributed by atoms with E-state index in [0.717, 1.165) is 31.0 Å². The average molecular weight is 269 g/mol. The van der Waals surface area contributed by atoms with Crippen LogP contribution in [0.3, 0.4) is 0 Å². The molecule has 2 fully saturated rings. The average Bonchev–Trinajstić information content (AvgIpc) is 2.90. The predicted molar refractivity (Wildman–Crippen MR) is 69.5 cm³/mol. The Morgan fingerprint density at radius 3 is 2.94 bits per heavy atom. The van der Waals surface area contributed by atoms with Gasteiger partial charge in [0.1, 0.15) is 6.10 Å². The SMILES string of the molecule is NC1CCCCC1c1nc(C2CSCCO2)no1. The van der Waals surface area contributed by atoms with E-state index >= 15 is 0 Å². The summed E-state index contributed by atoms with van der Waals surface area (Å²) in [5, 5.41) is 4.07. The van der Waals surface area contributed by atoms with Gasteiger partial charge < -0.3 is 15.0 Å². The van der Waals surface area contributed by atoms with Crippen molar-refractivity contribution in [1.82, 2.24) is 10.1 Å². The summed E-state index contributed by atoms with van der Waals surface area (Å²) >= 11 is 1.87. The van der Waals surface area contributed by atoms with E-state index in [0.29, 0.717) is 11.7 Å². The van der Waals surface area contributed by atoms with Crippen molar-refractivity contribution in [2.75, 3.05) is 18.1 Å². The third-order valence-electron chi connectivity index (χ3n) is 3.70. The summed E-state index contributed by atoms with van der Waals surface area (Å²) in [6.07, 6.45) is 4.51. The lowest BCUT2D eigenvalue weighted by Crippen LogP contribution is -2.31. The van der Waals surface area contributed by atoms with Crippen LogP contribution in [0.1, 0.15) is 49.4 Å². The molecule has 0 bridgehead atoms. The second kappa shape index (κ2) is 5.59. The summed E-state index contributed by atoms with van der Waals surface area (Å²) in [6.45, 7) is 0.766. The van der Waals surface area contributed by atoms with Crippen molar-refractivity contribution in [1.29, 1.82) is 0 Å². The Bertz CT molecular complexity index is 392. The molecule has 3 unspecified atom stereocenters. The maximum atomic E-state index is 6.14. The molecule has 1 aliphatic heterocycles. The standard InChI is InChI=1S/C12H19N3O2S/c13-9-4-2-1-3-8(9)12-14-11(15-17-12)10-7-18-6-5-16-10/h8-10H,1-7,13H2. The molecule has 0 amide bonds. The Balaban J connectivity index is 1.71. The normalized spacial score (nSPS) is 33.5. The predicted octanol–water partition coefficient (Wildman–Crippen LogP) is 1.86. The van der Waals surface area contributed by atoms with E-state index in [4.69, 9.17) is 15.0 Å². The van der Waals surface area contributed by atoms with Crippen LogP contribution in [0.5, 0.6) is 0 Å². The Hall–Kier alpha value is -0.590. The third kappa shape index (κ3) is 2.55. The van der Waals surface area contributed by atoms with Crippen LogP contribution in [0.15, 0.2) is 4.52 Å². The molecule has 0 aromatic carbocycles. The molecule has 1 aliphatic carbocycles. The zero-order valence-corrected chi connectivity index (χ0v) is 11.2. The van der Waals surface area contributed by atoms with E-state index in [1.54, 1.807) is 0 Å². The van der Waals surface area contributed by atoms with Crippen molar-refractivity contribution >= 4 is 11.8 Å². The summed E-state index contributed by atoms with van der Waals surface area (Å²) in [5.41, 5.74) is 6.14. The number of aromatic nitrogens is 2. The van der Waals surface area contributed by atoms with Gasteiger partial charge in [-0.1, -0.05) is 18.0 Å². The number of nitrogens with zero attached hydrogens (tertiary/aromatic N) is 2. The third-order valence-corrected chi connectivity index (χ3v) is 4.69. The van der Waals surface area contributed by atoms with Gasteiger partial charge in [0.15, 0.2) is 0 Å². The number of thioether (sulfide) groups is 1. The molecule has 5 nitrogen and oxygen atoms in total. The summed E-state index contributed by atoms with van der Waals surface area (Å²) in [6, 6.07) is 0.161. The van der Waals surface area contributed by atoms with Gasteiger partial charge in [0.25, 0.3) is 0 Å². The molecule has 3 atom stereocenters. The number of hydrogen-bond acceptors (Lipinski definition) is 6. The summed E-state index contributed by atoms with van der Waals surface area (Å²) < 4.78 is 11.1. The first-order chi connectivity index (χ1) is 8.84. The number of nitrogens with two attached hydrogens (primary N) is 1. The molecule has 1 saturated heterocycles. The maximum absolute atomic E-state index is 6.14. The van der Waals surface area contributed by atoms with Gasteiger partial charge in [-0.2, -0.15) is 16.7 Å². The van der Waals surface area contributed by atoms with E-state index in [1.165, 1.54) is 12.8 Å². The van der Waals surface area contributed by atoms with Crippen LogP contribution in [0.25, 0.3) is 0 Å². The molecule has 6 heteroatoms. The number of hydrogen-bond donors (Lipinski definition) is 1. The molecule has 1 aromatic rings. The molecule has 2 aliphatic rings. The van der Waals surface area contributed by atoms with Gasteiger partial charge in [0, 0.05) is 17.5 Å². The van der Waals surface area contributed by atoms with Gasteiger partial charge in [-0.15, -0.1) is 0 Å². The van der Waals surface area contributed by atoms with Crippen molar-refractivity contribution in [2.24, 2.45) is 5.73 Å². The van der Waals surface area contributed by atoms with Crippen molar-refractivity contribution in [3.8, 4) is 0 Å². The molecule has 2 N–H and O–H groups in total. The molecule has 1 aromatic heterocycles. The Morgan fingerprint density at radius 1 is 1.28 bits per heavy atom. The first-order valence-electron chi connectivity index (χ1n) is 6.63. The minimum atomic E-state index is -0.0129. The van der Waals surface area contributed by atoms with Gasteiger partial charge in [-0.3, -0.25) is 0 Å².